The first-order chi connectivity index (χ1) is 11.9. The van der Waals surface area contributed by atoms with E-state index in [2.05, 4.69) is 26.1 Å². The maximum absolute atomic E-state index is 13.0. The fourth-order valence-corrected chi connectivity index (χ4v) is 3.50. The molecule has 1 unspecified atom stereocenters. The topological polar surface area (TPSA) is 76.8 Å². The predicted octanol–water partition coefficient (Wildman–Crippen LogP) is 2.27. The van der Waals surface area contributed by atoms with Crippen molar-refractivity contribution >= 4 is 17.4 Å². The van der Waals surface area contributed by atoms with Gasteiger partial charge in [0.15, 0.2) is 0 Å². The zero-order valence-corrected chi connectivity index (χ0v) is 14.8. The van der Waals surface area contributed by atoms with Crippen LogP contribution in [0.5, 0.6) is 0 Å². The molecule has 0 N–H and O–H groups in total. The Balaban J connectivity index is 1.79. The van der Waals surface area contributed by atoms with Gasteiger partial charge in [0.05, 0.1) is 5.41 Å². The van der Waals surface area contributed by atoms with Crippen LogP contribution in [0.1, 0.15) is 31.7 Å². The summed E-state index contributed by atoms with van der Waals surface area (Å²) in [6.07, 6.45) is 10.2. The van der Waals surface area contributed by atoms with Gasteiger partial charge < -0.3 is 0 Å². The van der Waals surface area contributed by atoms with Crippen LogP contribution in [0.25, 0.3) is 5.57 Å². The minimum Gasteiger partial charge on any atom is -0.273 e. The lowest BCUT2D eigenvalue weighted by Gasteiger charge is -2.25. The van der Waals surface area contributed by atoms with Crippen molar-refractivity contribution in [1.82, 2.24) is 24.7 Å². The summed E-state index contributed by atoms with van der Waals surface area (Å²) in [6.45, 7) is 5.84. The molecule has 7 nitrogen and oxygen atoms in total. The maximum Gasteiger partial charge on any atom is 0.255 e. The molecule has 3 heterocycles. The number of nitrogens with zero attached hydrogens (tertiary/aromatic N) is 6. The maximum atomic E-state index is 13.0. The lowest BCUT2D eigenvalue weighted by molar-refractivity contribution is -0.125. The van der Waals surface area contributed by atoms with E-state index in [0.717, 1.165) is 29.1 Å². The summed E-state index contributed by atoms with van der Waals surface area (Å²) in [5.74, 6) is 1.31. The Bertz CT molecular complexity index is 906. The van der Waals surface area contributed by atoms with E-state index in [1.165, 1.54) is 0 Å². The van der Waals surface area contributed by atoms with Crippen LogP contribution in [0.3, 0.4) is 0 Å². The van der Waals surface area contributed by atoms with Crippen LogP contribution in [0.4, 0.5) is 5.95 Å². The number of hydrogen-bond donors (Lipinski definition) is 0. The first-order valence-corrected chi connectivity index (χ1v) is 8.29. The lowest BCUT2D eigenvalue weighted by Crippen LogP contribution is -2.32. The van der Waals surface area contributed by atoms with Crippen LogP contribution in [0, 0.1) is 18.3 Å². The number of carbonyl (C=O) groups excluding carboxylic acids is 1. The fraction of sp³-hybridized carbons (Fsp3) is 0.389. The normalized spacial score (nSPS) is 21.8. The Morgan fingerprint density at radius 2 is 1.92 bits per heavy atom. The van der Waals surface area contributed by atoms with Gasteiger partial charge in [0.2, 0.25) is 5.91 Å². The summed E-state index contributed by atoms with van der Waals surface area (Å²) in [6, 6.07) is 0. The van der Waals surface area contributed by atoms with Crippen LogP contribution in [0.15, 0.2) is 36.6 Å². The third-order valence-corrected chi connectivity index (χ3v) is 5.02. The molecule has 2 aromatic rings. The Morgan fingerprint density at radius 1 is 1.20 bits per heavy atom. The van der Waals surface area contributed by atoms with E-state index >= 15 is 0 Å². The van der Waals surface area contributed by atoms with E-state index < -0.39 is 5.41 Å². The second-order valence-corrected chi connectivity index (χ2v) is 7.12. The van der Waals surface area contributed by atoms with Crippen molar-refractivity contribution in [1.29, 1.82) is 0 Å². The number of carbonyl (C=O) groups is 1. The Labute approximate surface area is 146 Å². The molecule has 1 aliphatic carbocycles. The second-order valence-electron chi connectivity index (χ2n) is 7.12. The molecule has 1 saturated heterocycles. The molecule has 0 saturated carbocycles. The van der Waals surface area contributed by atoms with Gasteiger partial charge in [0.1, 0.15) is 12.2 Å². The average Bonchev–Trinajstić information content (AvgIpc) is 3.08. The van der Waals surface area contributed by atoms with Crippen molar-refractivity contribution in [3.8, 4) is 0 Å². The first kappa shape index (κ1) is 15.7. The molecule has 1 fully saturated rings. The summed E-state index contributed by atoms with van der Waals surface area (Å²) < 4.78 is 1.61. The smallest absolute Gasteiger partial charge is 0.255 e. The largest absolute Gasteiger partial charge is 0.273 e. The number of allylic oxidation sites excluding steroid dienone is 4. The van der Waals surface area contributed by atoms with E-state index in [4.69, 9.17) is 0 Å². The zero-order valence-electron chi connectivity index (χ0n) is 14.8. The van der Waals surface area contributed by atoms with E-state index in [-0.39, 0.29) is 11.8 Å². The van der Waals surface area contributed by atoms with Crippen molar-refractivity contribution in [2.45, 2.75) is 27.2 Å². The van der Waals surface area contributed by atoms with Gasteiger partial charge in [-0.1, -0.05) is 19.9 Å². The third kappa shape index (κ3) is 2.38. The highest BCUT2D eigenvalue weighted by Gasteiger charge is 2.52. The van der Waals surface area contributed by atoms with Crippen molar-refractivity contribution in [3.63, 3.8) is 0 Å². The molecule has 1 amide bonds. The van der Waals surface area contributed by atoms with Crippen LogP contribution in [0.2, 0.25) is 0 Å². The molecule has 2 aromatic heterocycles. The van der Waals surface area contributed by atoms with Crippen molar-refractivity contribution in [3.05, 3.63) is 48.0 Å². The first-order valence-electron chi connectivity index (χ1n) is 8.29. The van der Waals surface area contributed by atoms with Gasteiger partial charge in [-0.05, 0) is 25.0 Å². The molecule has 0 aromatic carbocycles. The van der Waals surface area contributed by atoms with Crippen LogP contribution in [-0.2, 0) is 11.8 Å². The summed E-state index contributed by atoms with van der Waals surface area (Å²) in [4.78, 5) is 27.5. The predicted molar refractivity (Wildman–Crippen MR) is 93.2 cm³/mol. The van der Waals surface area contributed by atoms with E-state index in [9.17, 15) is 4.79 Å². The second kappa shape index (κ2) is 5.34. The molecule has 0 bridgehead atoms. The van der Waals surface area contributed by atoms with E-state index in [1.807, 2.05) is 39.2 Å². The number of amides is 1. The van der Waals surface area contributed by atoms with Crippen molar-refractivity contribution in [2.75, 3.05) is 4.90 Å². The molecule has 128 valence electrons. The average molecular weight is 336 g/mol. The molecule has 1 aliphatic heterocycles. The molecule has 1 atom stereocenters. The third-order valence-electron chi connectivity index (χ3n) is 5.02. The zero-order chi connectivity index (χ0) is 17.8. The minimum atomic E-state index is -0.489. The summed E-state index contributed by atoms with van der Waals surface area (Å²) in [5.41, 5.74) is 2.43. The molecule has 0 spiro atoms. The van der Waals surface area contributed by atoms with Crippen molar-refractivity contribution in [2.24, 2.45) is 18.4 Å². The van der Waals surface area contributed by atoms with Gasteiger partial charge in [-0.15, -0.1) is 5.10 Å². The Morgan fingerprint density at radius 3 is 2.56 bits per heavy atom. The highest BCUT2D eigenvalue weighted by atomic mass is 16.2. The number of rotatable bonds is 2. The van der Waals surface area contributed by atoms with Gasteiger partial charge in [-0.2, -0.15) is 4.98 Å². The monoisotopic (exact) mass is 336 g/mol. The number of aromatic nitrogens is 5. The highest BCUT2D eigenvalue weighted by molar-refractivity contribution is 6.03. The molecule has 0 radical (unpaired) electrons. The Hall–Kier alpha value is -2.83. The van der Waals surface area contributed by atoms with Gasteiger partial charge in [0, 0.05) is 36.6 Å². The number of fused-ring (bicyclic) bond motifs is 1. The molecule has 4 rings (SSSR count). The lowest BCUT2D eigenvalue weighted by atomic mass is 9.75. The number of aryl methyl sites for hydroxylation is 2. The fourth-order valence-electron chi connectivity index (χ4n) is 3.50. The van der Waals surface area contributed by atoms with Crippen molar-refractivity contribution < 1.29 is 4.79 Å². The van der Waals surface area contributed by atoms with Crippen LogP contribution in [-0.4, -0.2) is 30.6 Å². The Kier molecular flexibility index (Phi) is 3.35. The van der Waals surface area contributed by atoms with Crippen LogP contribution >= 0.6 is 0 Å². The van der Waals surface area contributed by atoms with E-state index in [1.54, 1.807) is 23.0 Å². The molecular weight excluding hydrogens is 316 g/mol. The number of anilines is 1. The minimum absolute atomic E-state index is 0.0322. The number of hydrogen-bond acceptors (Lipinski definition) is 5. The molecule has 7 heteroatoms. The van der Waals surface area contributed by atoms with Gasteiger partial charge >= 0.3 is 0 Å². The quantitative estimate of drug-likeness (QED) is 0.841. The van der Waals surface area contributed by atoms with Gasteiger partial charge in [-0.25, -0.2) is 9.97 Å². The standard InChI is InChI=1S/C18H20N6O/c1-11-19-8-13(9-20-11)12-5-6-14-15(7-12)24(16(25)18(14,2)3)17-21-10-23(4)22-17/h5,7-10,14H,6H2,1-4H3. The van der Waals surface area contributed by atoms with E-state index in [0.29, 0.717) is 5.95 Å². The summed E-state index contributed by atoms with van der Waals surface area (Å²) in [7, 11) is 1.80. The van der Waals surface area contributed by atoms with Gasteiger partial charge in [-0.3, -0.25) is 14.4 Å². The van der Waals surface area contributed by atoms with Gasteiger partial charge in [0.25, 0.3) is 5.95 Å². The molecule has 25 heavy (non-hydrogen) atoms. The summed E-state index contributed by atoms with van der Waals surface area (Å²) >= 11 is 0. The molecule has 2 aliphatic rings. The SMILES string of the molecule is Cc1ncc(C2=CCC3C(=C2)N(c2ncn(C)n2)C(=O)C3(C)C)cn1. The summed E-state index contributed by atoms with van der Waals surface area (Å²) in [5, 5.41) is 4.33. The van der Waals surface area contributed by atoms with Crippen LogP contribution < -0.4 is 4.90 Å². The molecular formula is C18H20N6O. The highest BCUT2D eigenvalue weighted by Crippen LogP contribution is 2.49.